The molecule has 0 fully saturated rings. The zero-order valence-electron chi connectivity index (χ0n) is 15.2. The number of hydrogen-bond acceptors (Lipinski definition) is 4. The standard InChI is InChI=1S/C20H23FN4O2.ClH/c21-13-7-5-12(6-8-13)18-14-3-1-2-4-16(14)25-19(18)20(27)24-11-15(23)17(26)9-10-22;/h1-8,15,17,25-26H,9-11,22-23H2,(H,24,27);1H/t15-,17+;/m0./s1. The number of H-pyrrole nitrogens is 1. The Labute approximate surface area is 168 Å². The topological polar surface area (TPSA) is 117 Å². The van der Waals surface area contributed by atoms with Gasteiger partial charge in [-0.15, -0.1) is 12.4 Å². The van der Waals surface area contributed by atoms with Crippen molar-refractivity contribution in [3.8, 4) is 11.1 Å². The molecule has 8 heteroatoms. The summed E-state index contributed by atoms with van der Waals surface area (Å²) in [4.78, 5) is 15.9. The molecule has 28 heavy (non-hydrogen) atoms. The van der Waals surface area contributed by atoms with Gasteiger partial charge >= 0.3 is 0 Å². The number of aliphatic hydroxyl groups excluding tert-OH is 1. The molecule has 0 spiro atoms. The number of hydrogen-bond donors (Lipinski definition) is 5. The van der Waals surface area contributed by atoms with E-state index in [0.29, 0.717) is 24.2 Å². The maximum absolute atomic E-state index is 13.3. The van der Waals surface area contributed by atoms with Crippen LogP contribution in [-0.4, -0.2) is 41.2 Å². The van der Waals surface area contributed by atoms with Crippen LogP contribution < -0.4 is 16.8 Å². The first-order valence-electron chi connectivity index (χ1n) is 8.79. The number of aliphatic hydroxyl groups is 1. The Morgan fingerprint density at radius 2 is 1.86 bits per heavy atom. The van der Waals surface area contributed by atoms with Crippen LogP contribution in [0.3, 0.4) is 0 Å². The summed E-state index contributed by atoms with van der Waals surface area (Å²) in [5, 5.41) is 13.5. The molecule has 3 rings (SSSR count). The van der Waals surface area contributed by atoms with Crippen molar-refractivity contribution in [2.75, 3.05) is 13.1 Å². The first kappa shape index (κ1) is 21.8. The minimum atomic E-state index is -0.783. The third kappa shape index (κ3) is 4.69. The summed E-state index contributed by atoms with van der Waals surface area (Å²) in [5.41, 5.74) is 13.9. The first-order valence-corrected chi connectivity index (χ1v) is 8.79. The number of aromatic nitrogens is 1. The molecule has 2 aromatic carbocycles. The van der Waals surface area contributed by atoms with Gasteiger partial charge in [-0.05, 0) is 36.7 Å². The maximum Gasteiger partial charge on any atom is 0.268 e. The molecule has 0 saturated carbocycles. The van der Waals surface area contributed by atoms with Crippen LogP contribution in [0.15, 0.2) is 48.5 Å². The molecule has 7 N–H and O–H groups in total. The van der Waals surface area contributed by atoms with Gasteiger partial charge in [0.1, 0.15) is 11.5 Å². The summed E-state index contributed by atoms with van der Waals surface area (Å²) in [6.07, 6.45) is -0.417. The van der Waals surface area contributed by atoms with Crippen molar-refractivity contribution in [1.82, 2.24) is 10.3 Å². The molecule has 0 aliphatic carbocycles. The van der Waals surface area contributed by atoms with Crippen LogP contribution in [0.25, 0.3) is 22.0 Å². The average Bonchev–Trinajstić information content (AvgIpc) is 3.06. The number of carbonyl (C=O) groups excluding carboxylic acids is 1. The lowest BCUT2D eigenvalue weighted by Crippen LogP contribution is -2.45. The molecular weight excluding hydrogens is 383 g/mol. The first-order chi connectivity index (χ1) is 13.0. The van der Waals surface area contributed by atoms with Gasteiger partial charge in [0.15, 0.2) is 0 Å². The molecular formula is C20H24ClFN4O2. The predicted molar refractivity (Wildman–Crippen MR) is 111 cm³/mol. The largest absolute Gasteiger partial charge is 0.391 e. The Bertz CT molecular complexity index is 930. The normalized spacial score (nSPS) is 13.0. The summed E-state index contributed by atoms with van der Waals surface area (Å²) in [6.45, 7) is 0.428. The van der Waals surface area contributed by atoms with Gasteiger partial charge in [0.25, 0.3) is 5.91 Å². The van der Waals surface area contributed by atoms with Crippen molar-refractivity contribution in [1.29, 1.82) is 0 Å². The van der Waals surface area contributed by atoms with Gasteiger partial charge in [-0.25, -0.2) is 4.39 Å². The van der Waals surface area contributed by atoms with Crippen LogP contribution >= 0.6 is 12.4 Å². The number of nitrogens with two attached hydrogens (primary N) is 2. The summed E-state index contributed by atoms with van der Waals surface area (Å²) in [6, 6.07) is 12.9. The highest BCUT2D eigenvalue weighted by Crippen LogP contribution is 2.32. The minimum Gasteiger partial charge on any atom is -0.391 e. The van der Waals surface area contributed by atoms with E-state index in [1.807, 2.05) is 24.3 Å². The van der Waals surface area contributed by atoms with Crippen molar-refractivity contribution in [3.05, 3.63) is 60.0 Å². The Balaban J connectivity index is 0.00000280. The number of benzene rings is 2. The molecule has 0 aliphatic heterocycles. The Morgan fingerprint density at radius 3 is 2.54 bits per heavy atom. The fourth-order valence-electron chi connectivity index (χ4n) is 3.05. The van der Waals surface area contributed by atoms with Gasteiger partial charge < -0.3 is 26.9 Å². The molecule has 0 aliphatic rings. The van der Waals surface area contributed by atoms with Gasteiger partial charge in [-0.2, -0.15) is 0 Å². The highest BCUT2D eigenvalue weighted by Gasteiger charge is 2.21. The quantitative estimate of drug-likeness (QED) is 0.413. The Hall–Kier alpha value is -2.45. The lowest BCUT2D eigenvalue weighted by molar-refractivity contribution is 0.0925. The van der Waals surface area contributed by atoms with E-state index >= 15 is 0 Å². The molecule has 6 nitrogen and oxygen atoms in total. The van der Waals surface area contributed by atoms with Gasteiger partial charge in [0.2, 0.25) is 0 Å². The third-order valence-corrected chi connectivity index (χ3v) is 4.52. The molecule has 1 heterocycles. The molecule has 1 aromatic heterocycles. The summed E-state index contributed by atoms with van der Waals surface area (Å²) >= 11 is 0. The van der Waals surface area contributed by atoms with Crippen LogP contribution in [0, 0.1) is 5.82 Å². The van der Waals surface area contributed by atoms with E-state index in [-0.39, 0.29) is 30.7 Å². The smallest absolute Gasteiger partial charge is 0.268 e. The van der Waals surface area contributed by atoms with Crippen LogP contribution in [-0.2, 0) is 0 Å². The fraction of sp³-hybridized carbons (Fsp3) is 0.250. The van der Waals surface area contributed by atoms with Gasteiger partial charge in [0.05, 0.1) is 6.10 Å². The van der Waals surface area contributed by atoms with Crippen LogP contribution in [0.5, 0.6) is 0 Å². The van der Waals surface area contributed by atoms with E-state index in [1.54, 1.807) is 12.1 Å². The SMILES string of the molecule is Cl.NCC[C@@H](O)[C@@H](N)CNC(=O)c1[nH]c2ccccc2c1-c1ccc(F)cc1. The molecule has 0 radical (unpaired) electrons. The van der Waals surface area contributed by atoms with Crippen molar-refractivity contribution in [3.63, 3.8) is 0 Å². The molecule has 3 aromatic rings. The van der Waals surface area contributed by atoms with Crippen molar-refractivity contribution < 1.29 is 14.3 Å². The van der Waals surface area contributed by atoms with Crippen molar-refractivity contribution in [2.45, 2.75) is 18.6 Å². The summed E-state index contributed by atoms with van der Waals surface area (Å²) < 4.78 is 13.3. The monoisotopic (exact) mass is 406 g/mol. The van der Waals surface area contributed by atoms with Gasteiger partial charge in [0, 0.05) is 29.1 Å². The Kier molecular flexibility index (Phi) is 7.53. The predicted octanol–water partition coefficient (Wildman–Crippen LogP) is 2.16. The van der Waals surface area contributed by atoms with Gasteiger partial charge in [-0.1, -0.05) is 30.3 Å². The second-order valence-corrected chi connectivity index (χ2v) is 6.45. The number of aromatic amines is 1. The molecule has 0 bridgehead atoms. The summed E-state index contributed by atoms with van der Waals surface area (Å²) in [5.74, 6) is -0.689. The molecule has 0 saturated heterocycles. The number of nitrogens with one attached hydrogen (secondary N) is 2. The maximum atomic E-state index is 13.3. The lowest BCUT2D eigenvalue weighted by atomic mass is 10.0. The van der Waals surface area contributed by atoms with Crippen LogP contribution in [0.4, 0.5) is 4.39 Å². The zero-order chi connectivity index (χ0) is 19.4. The second-order valence-electron chi connectivity index (χ2n) is 6.45. The van der Waals surface area contributed by atoms with E-state index in [4.69, 9.17) is 11.5 Å². The number of amides is 1. The lowest BCUT2D eigenvalue weighted by Gasteiger charge is -2.18. The van der Waals surface area contributed by atoms with E-state index in [9.17, 15) is 14.3 Å². The van der Waals surface area contributed by atoms with Crippen molar-refractivity contribution in [2.24, 2.45) is 11.5 Å². The molecule has 150 valence electrons. The molecule has 2 atom stereocenters. The third-order valence-electron chi connectivity index (χ3n) is 4.52. The molecule has 0 unspecified atom stereocenters. The molecule has 1 amide bonds. The van der Waals surface area contributed by atoms with Crippen molar-refractivity contribution >= 4 is 29.2 Å². The van der Waals surface area contributed by atoms with Gasteiger partial charge in [-0.3, -0.25) is 4.79 Å². The number of rotatable bonds is 7. The zero-order valence-corrected chi connectivity index (χ0v) is 16.0. The average molecular weight is 407 g/mol. The van der Waals surface area contributed by atoms with Crippen LogP contribution in [0.1, 0.15) is 16.9 Å². The number of halogens is 2. The minimum absolute atomic E-state index is 0. The van der Waals surface area contributed by atoms with E-state index in [2.05, 4.69) is 10.3 Å². The Morgan fingerprint density at radius 1 is 1.18 bits per heavy atom. The van der Waals surface area contributed by atoms with Crippen LogP contribution in [0.2, 0.25) is 0 Å². The van der Waals surface area contributed by atoms with E-state index in [0.717, 1.165) is 16.5 Å². The highest BCUT2D eigenvalue weighted by atomic mass is 35.5. The second kappa shape index (κ2) is 9.66. The van der Waals surface area contributed by atoms with E-state index in [1.165, 1.54) is 12.1 Å². The number of carbonyl (C=O) groups is 1. The number of fused-ring (bicyclic) bond motifs is 1. The number of para-hydroxylation sites is 1. The fourth-order valence-corrected chi connectivity index (χ4v) is 3.05. The highest BCUT2D eigenvalue weighted by molar-refractivity contribution is 6.09. The van der Waals surface area contributed by atoms with E-state index < -0.39 is 12.1 Å². The summed E-state index contributed by atoms with van der Waals surface area (Å²) in [7, 11) is 0.